The van der Waals surface area contributed by atoms with Crippen LogP contribution in [0.4, 0.5) is 0 Å². The van der Waals surface area contributed by atoms with Crippen LogP contribution in [0.3, 0.4) is 0 Å². The molecule has 0 aromatic rings. The zero-order valence-electron chi connectivity index (χ0n) is 16.3. The SMILES string of the molecule is NC(=O)CCCCCCCCCCC(=O)N1CCCCCCCCC1. The van der Waals surface area contributed by atoms with Crippen LogP contribution in [0.25, 0.3) is 0 Å². The maximum Gasteiger partial charge on any atom is 0.222 e. The monoisotopic (exact) mass is 352 g/mol. The van der Waals surface area contributed by atoms with E-state index in [0.717, 1.165) is 38.8 Å². The van der Waals surface area contributed by atoms with Crippen molar-refractivity contribution in [2.45, 2.75) is 109 Å². The van der Waals surface area contributed by atoms with Crippen molar-refractivity contribution < 1.29 is 9.59 Å². The third-order valence-electron chi connectivity index (χ3n) is 5.27. The zero-order valence-corrected chi connectivity index (χ0v) is 16.3. The quantitative estimate of drug-likeness (QED) is 0.535. The molecule has 0 saturated carbocycles. The van der Waals surface area contributed by atoms with Gasteiger partial charge in [-0.3, -0.25) is 9.59 Å². The van der Waals surface area contributed by atoms with Gasteiger partial charge in [-0.25, -0.2) is 0 Å². The standard InChI is InChI=1S/C21H40N2O2/c22-20(24)16-12-8-4-1-2-5-9-13-17-21(25)23-18-14-10-6-3-7-11-15-19-23/h1-19H2,(H2,22,24). The van der Waals surface area contributed by atoms with Gasteiger partial charge < -0.3 is 10.6 Å². The van der Waals surface area contributed by atoms with Gasteiger partial charge in [-0.1, -0.05) is 70.6 Å². The van der Waals surface area contributed by atoms with Crippen molar-refractivity contribution in [1.82, 2.24) is 4.90 Å². The molecular formula is C21H40N2O2. The summed E-state index contributed by atoms with van der Waals surface area (Å²) in [6, 6.07) is 0. The van der Waals surface area contributed by atoms with Gasteiger partial charge in [0.1, 0.15) is 0 Å². The van der Waals surface area contributed by atoms with E-state index in [1.54, 1.807) is 0 Å². The van der Waals surface area contributed by atoms with Crippen LogP contribution in [0.5, 0.6) is 0 Å². The van der Waals surface area contributed by atoms with Gasteiger partial charge in [-0.05, 0) is 25.7 Å². The number of carbonyl (C=O) groups excluding carboxylic acids is 2. The Bertz CT molecular complexity index is 348. The highest BCUT2D eigenvalue weighted by atomic mass is 16.2. The number of unbranched alkanes of at least 4 members (excludes halogenated alkanes) is 7. The molecule has 1 heterocycles. The van der Waals surface area contributed by atoms with E-state index in [2.05, 4.69) is 4.90 Å². The first-order valence-electron chi connectivity index (χ1n) is 10.8. The van der Waals surface area contributed by atoms with E-state index >= 15 is 0 Å². The summed E-state index contributed by atoms with van der Waals surface area (Å²) < 4.78 is 0. The van der Waals surface area contributed by atoms with Crippen LogP contribution in [0.2, 0.25) is 0 Å². The van der Waals surface area contributed by atoms with E-state index in [9.17, 15) is 9.59 Å². The summed E-state index contributed by atoms with van der Waals surface area (Å²) in [5, 5.41) is 0. The summed E-state index contributed by atoms with van der Waals surface area (Å²) >= 11 is 0. The average Bonchev–Trinajstić information content (AvgIpc) is 2.60. The van der Waals surface area contributed by atoms with Gasteiger partial charge in [0.25, 0.3) is 0 Å². The molecule has 0 aromatic carbocycles. The van der Waals surface area contributed by atoms with Gasteiger partial charge in [0.15, 0.2) is 0 Å². The topological polar surface area (TPSA) is 63.4 Å². The molecule has 1 saturated heterocycles. The Kier molecular flexibility index (Phi) is 13.4. The molecule has 1 aliphatic rings. The molecule has 1 rings (SSSR count). The average molecular weight is 353 g/mol. The highest BCUT2D eigenvalue weighted by Gasteiger charge is 2.13. The van der Waals surface area contributed by atoms with E-state index in [4.69, 9.17) is 5.73 Å². The number of rotatable bonds is 11. The summed E-state index contributed by atoms with van der Waals surface area (Å²) in [7, 11) is 0. The Labute approximate surface area is 154 Å². The molecule has 4 nitrogen and oxygen atoms in total. The summed E-state index contributed by atoms with van der Waals surface area (Å²) in [5.74, 6) is 0.197. The summed E-state index contributed by atoms with van der Waals surface area (Å²) in [4.78, 5) is 25.2. The fourth-order valence-electron chi connectivity index (χ4n) is 3.64. The molecule has 4 heteroatoms. The molecular weight excluding hydrogens is 312 g/mol. The number of amides is 2. The van der Waals surface area contributed by atoms with E-state index in [1.165, 1.54) is 77.0 Å². The van der Waals surface area contributed by atoms with Crippen LogP contribution in [-0.4, -0.2) is 29.8 Å². The maximum absolute atomic E-state index is 12.4. The molecule has 0 radical (unpaired) electrons. The lowest BCUT2D eigenvalue weighted by Crippen LogP contribution is -2.33. The Morgan fingerprint density at radius 1 is 0.600 bits per heavy atom. The third-order valence-corrected chi connectivity index (χ3v) is 5.27. The van der Waals surface area contributed by atoms with Gasteiger partial charge >= 0.3 is 0 Å². The van der Waals surface area contributed by atoms with Gasteiger partial charge in [-0.2, -0.15) is 0 Å². The van der Waals surface area contributed by atoms with Gasteiger partial charge in [0, 0.05) is 25.9 Å². The van der Waals surface area contributed by atoms with Crippen LogP contribution >= 0.6 is 0 Å². The molecule has 0 spiro atoms. The second kappa shape index (κ2) is 15.2. The van der Waals surface area contributed by atoms with Crippen molar-refractivity contribution in [2.75, 3.05) is 13.1 Å². The summed E-state index contributed by atoms with van der Waals surface area (Å²) in [6.45, 7) is 1.95. The van der Waals surface area contributed by atoms with Crippen LogP contribution in [0, 0.1) is 0 Å². The van der Waals surface area contributed by atoms with Gasteiger partial charge in [-0.15, -0.1) is 0 Å². The van der Waals surface area contributed by atoms with Crippen molar-refractivity contribution in [3.05, 3.63) is 0 Å². The van der Waals surface area contributed by atoms with E-state index in [1.807, 2.05) is 0 Å². The number of nitrogens with two attached hydrogens (primary N) is 1. The highest BCUT2D eigenvalue weighted by molar-refractivity contribution is 5.76. The predicted molar refractivity (Wildman–Crippen MR) is 104 cm³/mol. The molecule has 2 amide bonds. The van der Waals surface area contributed by atoms with E-state index in [0.29, 0.717) is 12.3 Å². The Morgan fingerprint density at radius 3 is 1.48 bits per heavy atom. The highest BCUT2D eigenvalue weighted by Crippen LogP contribution is 2.14. The summed E-state index contributed by atoms with van der Waals surface area (Å²) in [6.07, 6.45) is 19.4. The number of hydrogen-bond donors (Lipinski definition) is 1. The first-order chi connectivity index (χ1) is 12.2. The summed E-state index contributed by atoms with van der Waals surface area (Å²) in [5.41, 5.74) is 5.13. The molecule has 0 aliphatic carbocycles. The first kappa shape index (κ1) is 22.0. The minimum atomic E-state index is -0.184. The normalized spacial score (nSPS) is 16.6. The van der Waals surface area contributed by atoms with Crippen molar-refractivity contribution >= 4 is 11.8 Å². The van der Waals surface area contributed by atoms with Crippen molar-refractivity contribution in [3.63, 3.8) is 0 Å². The Morgan fingerprint density at radius 2 is 1.00 bits per heavy atom. The lowest BCUT2D eigenvalue weighted by molar-refractivity contribution is -0.131. The van der Waals surface area contributed by atoms with Crippen molar-refractivity contribution in [2.24, 2.45) is 5.73 Å². The smallest absolute Gasteiger partial charge is 0.222 e. The zero-order chi connectivity index (χ0) is 18.2. The van der Waals surface area contributed by atoms with Gasteiger partial charge in [0.05, 0.1) is 0 Å². The van der Waals surface area contributed by atoms with Gasteiger partial charge in [0.2, 0.25) is 11.8 Å². The van der Waals surface area contributed by atoms with Crippen LogP contribution in [0.1, 0.15) is 109 Å². The molecule has 2 N–H and O–H groups in total. The van der Waals surface area contributed by atoms with E-state index in [-0.39, 0.29) is 5.91 Å². The lowest BCUT2D eigenvalue weighted by atomic mass is 10.0. The number of primary amides is 1. The number of nitrogens with zero attached hydrogens (tertiary/aromatic N) is 1. The lowest BCUT2D eigenvalue weighted by Gasteiger charge is -2.24. The first-order valence-corrected chi connectivity index (χ1v) is 10.8. The second-order valence-electron chi connectivity index (χ2n) is 7.65. The maximum atomic E-state index is 12.4. The number of carbonyl (C=O) groups is 2. The molecule has 0 bridgehead atoms. The molecule has 1 fully saturated rings. The Hall–Kier alpha value is -1.06. The number of hydrogen-bond acceptors (Lipinski definition) is 2. The second-order valence-corrected chi connectivity index (χ2v) is 7.65. The van der Waals surface area contributed by atoms with Crippen molar-refractivity contribution in [3.8, 4) is 0 Å². The molecule has 0 aromatic heterocycles. The van der Waals surface area contributed by atoms with E-state index < -0.39 is 0 Å². The molecule has 0 unspecified atom stereocenters. The largest absolute Gasteiger partial charge is 0.370 e. The predicted octanol–water partition coefficient (Wildman–Crippen LogP) is 4.95. The van der Waals surface area contributed by atoms with Crippen LogP contribution < -0.4 is 5.73 Å². The molecule has 0 atom stereocenters. The minimum Gasteiger partial charge on any atom is -0.370 e. The Balaban J connectivity index is 1.98. The minimum absolute atomic E-state index is 0.184. The third kappa shape index (κ3) is 12.9. The molecule has 25 heavy (non-hydrogen) atoms. The van der Waals surface area contributed by atoms with Crippen molar-refractivity contribution in [1.29, 1.82) is 0 Å². The van der Waals surface area contributed by atoms with Crippen LogP contribution in [-0.2, 0) is 9.59 Å². The molecule has 1 aliphatic heterocycles. The molecule has 146 valence electrons. The fraction of sp³-hybridized carbons (Fsp3) is 0.905. The van der Waals surface area contributed by atoms with Crippen LogP contribution in [0.15, 0.2) is 0 Å². The fourth-order valence-corrected chi connectivity index (χ4v) is 3.64.